The summed E-state index contributed by atoms with van der Waals surface area (Å²) in [6.45, 7) is 0. The van der Waals surface area contributed by atoms with Crippen LogP contribution in [0.5, 0.6) is 0 Å². The highest BCUT2D eigenvalue weighted by atomic mass is 127. The number of pyridine rings is 1. The van der Waals surface area contributed by atoms with Crippen molar-refractivity contribution in [3.63, 3.8) is 0 Å². The second-order valence-electron chi connectivity index (χ2n) is 1.93. The molecule has 1 rings (SSSR count). The first-order chi connectivity index (χ1) is 5.52. The Labute approximate surface area is 104 Å². The molecule has 1 aromatic heterocycles. The molecule has 0 radical (unpaired) electrons. The van der Waals surface area contributed by atoms with Crippen LogP contribution >= 0.6 is 61.1 Å². The van der Waals surface area contributed by atoms with E-state index in [1.165, 1.54) is 0 Å². The van der Waals surface area contributed by atoms with Gasteiger partial charge in [0.05, 0.1) is 4.47 Å². The normalized spacial score (nSPS) is 10.8. The number of alkyl halides is 2. The molecule has 12 heavy (non-hydrogen) atoms. The fraction of sp³-hybridized carbons (Fsp3) is 0.167. The Hall–Kier alpha value is 0.950. The van der Waals surface area contributed by atoms with Gasteiger partial charge in [-0.3, -0.25) is 0 Å². The van der Waals surface area contributed by atoms with Gasteiger partial charge >= 0.3 is 0 Å². The minimum absolute atomic E-state index is 0.150. The fourth-order valence-corrected chi connectivity index (χ4v) is 2.44. The smallest absolute Gasteiger partial charge is 0.239 e. The van der Waals surface area contributed by atoms with Crippen molar-refractivity contribution in [1.29, 1.82) is 0 Å². The summed E-state index contributed by atoms with van der Waals surface area (Å²) in [5.41, 5.74) is -0.150. The van der Waals surface area contributed by atoms with Crippen molar-refractivity contribution in [2.24, 2.45) is 0 Å². The summed E-state index contributed by atoms with van der Waals surface area (Å²) in [4.78, 5) is 3.75. The molecule has 1 nitrogen and oxygen atoms in total. The van der Waals surface area contributed by atoms with Crippen LogP contribution in [0.15, 0.2) is 10.5 Å². The van der Waals surface area contributed by atoms with Crippen LogP contribution in [0.4, 0.5) is 8.78 Å². The third-order valence-corrected chi connectivity index (χ3v) is 4.15. The predicted octanol–water partition coefficient (Wildman–Crippen LogP) is 3.99. The molecule has 0 unspecified atom stereocenters. The minimum atomic E-state index is -2.50. The standard InChI is InChI=1S/C6H2BrF2I2N/c7-2-1-3(10)4(5(8)9)12-6(2)11/h1,5H. The lowest BCUT2D eigenvalue weighted by molar-refractivity contribution is 0.144. The van der Waals surface area contributed by atoms with E-state index in [-0.39, 0.29) is 5.69 Å². The second-order valence-corrected chi connectivity index (χ2v) is 4.97. The number of aromatic nitrogens is 1. The number of halogens is 5. The lowest BCUT2D eigenvalue weighted by Crippen LogP contribution is -1.97. The topological polar surface area (TPSA) is 12.9 Å². The van der Waals surface area contributed by atoms with Crippen LogP contribution in [-0.2, 0) is 0 Å². The molecule has 6 heteroatoms. The molecule has 0 atom stereocenters. The van der Waals surface area contributed by atoms with Crippen LogP contribution < -0.4 is 0 Å². The maximum atomic E-state index is 12.3. The molecule has 0 aliphatic carbocycles. The van der Waals surface area contributed by atoms with E-state index in [0.29, 0.717) is 7.27 Å². The number of nitrogens with zero attached hydrogens (tertiary/aromatic N) is 1. The van der Waals surface area contributed by atoms with Crippen LogP contribution in [0.2, 0.25) is 0 Å². The van der Waals surface area contributed by atoms with Crippen molar-refractivity contribution >= 4 is 61.1 Å². The van der Waals surface area contributed by atoms with Gasteiger partial charge in [0.15, 0.2) is 0 Å². The molecule has 1 aromatic rings. The molecule has 0 fully saturated rings. The van der Waals surface area contributed by atoms with Gasteiger partial charge in [0.1, 0.15) is 9.39 Å². The highest BCUT2D eigenvalue weighted by Gasteiger charge is 2.15. The fourth-order valence-electron chi connectivity index (χ4n) is 0.610. The highest BCUT2D eigenvalue weighted by molar-refractivity contribution is 14.1. The molecule has 0 aliphatic heterocycles. The number of hydrogen-bond acceptors (Lipinski definition) is 1. The SMILES string of the molecule is FC(F)c1nc(I)c(Br)cc1I. The molecule has 1 heterocycles. The molecule has 0 bridgehead atoms. The van der Waals surface area contributed by atoms with E-state index in [1.54, 1.807) is 6.07 Å². The van der Waals surface area contributed by atoms with E-state index >= 15 is 0 Å². The molecule has 0 spiro atoms. The van der Waals surface area contributed by atoms with Gasteiger partial charge < -0.3 is 0 Å². The Morgan fingerprint density at radius 1 is 1.42 bits per heavy atom. The lowest BCUT2D eigenvalue weighted by Gasteiger charge is -2.03. The quantitative estimate of drug-likeness (QED) is 0.457. The van der Waals surface area contributed by atoms with E-state index in [1.807, 2.05) is 45.2 Å². The Morgan fingerprint density at radius 3 is 2.50 bits per heavy atom. The Balaban J connectivity index is 3.23. The summed E-state index contributed by atoms with van der Waals surface area (Å²) in [6.07, 6.45) is -2.50. The van der Waals surface area contributed by atoms with Gasteiger partial charge in [0.2, 0.25) is 0 Å². The number of hydrogen-bond donors (Lipinski definition) is 0. The molecule has 0 amide bonds. The van der Waals surface area contributed by atoms with Crippen LogP contribution in [0.1, 0.15) is 12.1 Å². The van der Waals surface area contributed by atoms with E-state index in [4.69, 9.17) is 0 Å². The van der Waals surface area contributed by atoms with Gasteiger partial charge in [-0.25, -0.2) is 13.8 Å². The molecule has 0 N–H and O–H groups in total. The van der Waals surface area contributed by atoms with Gasteiger partial charge in [0.25, 0.3) is 6.43 Å². The van der Waals surface area contributed by atoms with Crippen molar-refractivity contribution in [1.82, 2.24) is 4.98 Å². The van der Waals surface area contributed by atoms with Gasteiger partial charge in [-0.05, 0) is 67.2 Å². The van der Waals surface area contributed by atoms with Gasteiger partial charge in [-0.1, -0.05) is 0 Å². The van der Waals surface area contributed by atoms with E-state index in [0.717, 1.165) is 4.47 Å². The van der Waals surface area contributed by atoms with E-state index in [2.05, 4.69) is 20.9 Å². The van der Waals surface area contributed by atoms with Crippen LogP contribution in [0, 0.1) is 7.27 Å². The Kier molecular flexibility index (Phi) is 4.09. The average Bonchev–Trinajstić information content (AvgIpc) is 1.96. The summed E-state index contributed by atoms with van der Waals surface area (Å²) in [7, 11) is 0. The van der Waals surface area contributed by atoms with Gasteiger partial charge in [-0.2, -0.15) is 0 Å². The molecule has 0 aliphatic rings. The molecule has 0 saturated heterocycles. The molecular formula is C6H2BrF2I2N. The average molecular weight is 460 g/mol. The second kappa shape index (κ2) is 4.45. The summed E-state index contributed by atoms with van der Waals surface area (Å²) < 4.78 is 26.3. The first-order valence-corrected chi connectivity index (χ1v) is 5.77. The first kappa shape index (κ1) is 11.0. The van der Waals surface area contributed by atoms with E-state index < -0.39 is 6.43 Å². The minimum Gasteiger partial charge on any atom is -0.239 e. The van der Waals surface area contributed by atoms with Crippen molar-refractivity contribution < 1.29 is 8.78 Å². The summed E-state index contributed by atoms with van der Waals surface area (Å²) >= 11 is 6.96. The summed E-state index contributed by atoms with van der Waals surface area (Å²) in [5.74, 6) is 0. The molecule has 0 aromatic carbocycles. The predicted molar refractivity (Wildman–Crippen MR) is 62.3 cm³/mol. The Bertz CT molecular complexity index is 306. The summed E-state index contributed by atoms with van der Waals surface area (Å²) in [6, 6.07) is 1.64. The third-order valence-electron chi connectivity index (χ3n) is 1.12. The summed E-state index contributed by atoms with van der Waals surface area (Å²) in [5, 5.41) is 0. The van der Waals surface area contributed by atoms with E-state index in [9.17, 15) is 8.78 Å². The zero-order chi connectivity index (χ0) is 9.30. The van der Waals surface area contributed by atoms with Gasteiger partial charge in [0, 0.05) is 3.57 Å². The molecule has 0 saturated carbocycles. The third kappa shape index (κ3) is 2.47. The zero-order valence-electron chi connectivity index (χ0n) is 5.49. The monoisotopic (exact) mass is 459 g/mol. The van der Waals surface area contributed by atoms with Crippen LogP contribution in [0.3, 0.4) is 0 Å². The zero-order valence-corrected chi connectivity index (χ0v) is 11.4. The highest BCUT2D eigenvalue weighted by Crippen LogP contribution is 2.27. The van der Waals surface area contributed by atoms with Crippen molar-refractivity contribution in [3.8, 4) is 0 Å². The van der Waals surface area contributed by atoms with Crippen LogP contribution in [0.25, 0.3) is 0 Å². The van der Waals surface area contributed by atoms with Crippen molar-refractivity contribution in [3.05, 3.63) is 23.5 Å². The maximum Gasteiger partial charge on any atom is 0.281 e. The van der Waals surface area contributed by atoms with Crippen LogP contribution in [-0.4, -0.2) is 4.98 Å². The lowest BCUT2D eigenvalue weighted by atomic mass is 10.4. The largest absolute Gasteiger partial charge is 0.281 e. The van der Waals surface area contributed by atoms with Crippen molar-refractivity contribution in [2.75, 3.05) is 0 Å². The van der Waals surface area contributed by atoms with Gasteiger partial charge in [-0.15, -0.1) is 0 Å². The first-order valence-electron chi connectivity index (χ1n) is 2.82. The Morgan fingerprint density at radius 2 is 2.00 bits per heavy atom. The van der Waals surface area contributed by atoms with Crippen molar-refractivity contribution in [2.45, 2.75) is 6.43 Å². The molecular weight excluding hydrogens is 458 g/mol. The number of rotatable bonds is 1. The maximum absolute atomic E-state index is 12.3. The molecule has 66 valence electrons.